The predicted octanol–water partition coefficient (Wildman–Crippen LogP) is 5.86. The van der Waals surface area contributed by atoms with Crippen molar-refractivity contribution < 1.29 is 14.5 Å². The fourth-order valence-electron chi connectivity index (χ4n) is 4.37. The molecule has 8 heteroatoms. The average molecular weight is 473 g/mol. The van der Waals surface area contributed by atoms with E-state index in [1.54, 1.807) is 24.0 Å². The number of nitro benzene ring substituents is 1. The monoisotopic (exact) mass is 472 g/mol. The summed E-state index contributed by atoms with van der Waals surface area (Å²) in [6.07, 6.45) is 0.786. The molecule has 3 aromatic carbocycles. The van der Waals surface area contributed by atoms with E-state index in [1.165, 1.54) is 6.07 Å². The molecule has 8 nitrogen and oxygen atoms in total. The minimum atomic E-state index is -0.501. The number of benzene rings is 3. The summed E-state index contributed by atoms with van der Waals surface area (Å²) in [6.45, 7) is 6.71. The van der Waals surface area contributed by atoms with Crippen LogP contribution in [0, 0.1) is 24.0 Å². The van der Waals surface area contributed by atoms with Crippen LogP contribution in [0.25, 0.3) is 0 Å². The summed E-state index contributed by atoms with van der Waals surface area (Å²) in [5.41, 5.74) is 3.60. The largest absolute Gasteiger partial charge is 0.325 e. The molecule has 0 spiro atoms. The molecule has 180 valence electrons. The molecule has 0 radical (unpaired) electrons. The highest BCUT2D eigenvalue weighted by molar-refractivity contribution is 6.08. The van der Waals surface area contributed by atoms with Gasteiger partial charge < -0.3 is 10.2 Å². The summed E-state index contributed by atoms with van der Waals surface area (Å²) in [6, 6.07) is 19.6. The van der Waals surface area contributed by atoms with E-state index in [1.807, 2.05) is 67.3 Å². The first-order valence-electron chi connectivity index (χ1n) is 11.6. The van der Waals surface area contributed by atoms with Gasteiger partial charge in [0.1, 0.15) is 0 Å². The van der Waals surface area contributed by atoms with Crippen LogP contribution in [-0.2, 0) is 0 Å². The number of carbonyl (C=O) groups is 2. The lowest BCUT2D eigenvalue weighted by Crippen LogP contribution is -2.50. The van der Waals surface area contributed by atoms with Gasteiger partial charge >= 0.3 is 6.03 Å². The molecule has 35 heavy (non-hydrogen) atoms. The summed E-state index contributed by atoms with van der Waals surface area (Å²) in [4.78, 5) is 40.9. The van der Waals surface area contributed by atoms with Gasteiger partial charge in [-0.3, -0.25) is 19.8 Å². The normalized spacial score (nSPS) is 14.5. The maximum absolute atomic E-state index is 13.6. The van der Waals surface area contributed by atoms with Crippen molar-refractivity contribution in [3.63, 3.8) is 0 Å². The molecular weight excluding hydrogens is 444 g/mol. The standard InChI is InChI=1S/C27H28N4O4/c1-18-10-13-24(23(16-18)28-26(32)22-12-11-19(2)25(17-22)31(34)35)30-15-7-14-29(27(30)33)20(3)21-8-5-4-6-9-21/h4-6,8-13,16-17,20H,7,14-15H2,1-3H3,(H,28,32). The summed E-state index contributed by atoms with van der Waals surface area (Å²) in [7, 11) is 0. The quantitative estimate of drug-likeness (QED) is 0.359. The molecule has 1 fully saturated rings. The highest BCUT2D eigenvalue weighted by atomic mass is 16.6. The van der Waals surface area contributed by atoms with Crippen molar-refractivity contribution in [2.75, 3.05) is 23.3 Å². The van der Waals surface area contributed by atoms with Gasteiger partial charge in [0, 0.05) is 30.3 Å². The minimum Gasteiger partial charge on any atom is -0.320 e. The predicted molar refractivity (Wildman–Crippen MR) is 136 cm³/mol. The fraction of sp³-hybridized carbons (Fsp3) is 0.259. The zero-order valence-electron chi connectivity index (χ0n) is 20.0. The zero-order valence-corrected chi connectivity index (χ0v) is 20.0. The molecule has 0 bridgehead atoms. The number of amides is 3. The van der Waals surface area contributed by atoms with Crippen LogP contribution < -0.4 is 10.2 Å². The van der Waals surface area contributed by atoms with Crippen molar-refractivity contribution in [3.05, 3.63) is 99.1 Å². The van der Waals surface area contributed by atoms with E-state index in [0.29, 0.717) is 30.0 Å². The number of nitrogens with zero attached hydrogens (tertiary/aromatic N) is 3. The maximum Gasteiger partial charge on any atom is 0.325 e. The van der Waals surface area contributed by atoms with E-state index in [2.05, 4.69) is 5.32 Å². The summed E-state index contributed by atoms with van der Waals surface area (Å²) in [5.74, 6) is -0.473. The third-order valence-corrected chi connectivity index (χ3v) is 6.37. The van der Waals surface area contributed by atoms with Crippen LogP contribution in [0.5, 0.6) is 0 Å². The van der Waals surface area contributed by atoms with Gasteiger partial charge in [-0.1, -0.05) is 42.5 Å². The number of hydrogen-bond donors (Lipinski definition) is 1. The molecule has 1 aliphatic heterocycles. The van der Waals surface area contributed by atoms with Gasteiger partial charge in [-0.25, -0.2) is 4.79 Å². The van der Waals surface area contributed by atoms with Crippen molar-refractivity contribution in [2.24, 2.45) is 0 Å². The lowest BCUT2D eigenvalue weighted by atomic mass is 10.1. The Hall–Kier alpha value is -4.20. The first-order valence-corrected chi connectivity index (χ1v) is 11.6. The smallest absolute Gasteiger partial charge is 0.320 e. The molecule has 1 N–H and O–H groups in total. The van der Waals surface area contributed by atoms with Gasteiger partial charge in [-0.15, -0.1) is 0 Å². The molecule has 1 saturated heterocycles. The molecule has 3 amide bonds. The van der Waals surface area contributed by atoms with Crippen LogP contribution in [0.3, 0.4) is 0 Å². The fourth-order valence-corrected chi connectivity index (χ4v) is 4.37. The van der Waals surface area contributed by atoms with E-state index in [-0.39, 0.29) is 23.3 Å². The van der Waals surface area contributed by atoms with E-state index < -0.39 is 10.8 Å². The average Bonchev–Trinajstić information content (AvgIpc) is 2.85. The van der Waals surface area contributed by atoms with E-state index >= 15 is 0 Å². The lowest BCUT2D eigenvalue weighted by Gasteiger charge is -2.39. The second-order valence-electron chi connectivity index (χ2n) is 8.80. The van der Waals surface area contributed by atoms with Gasteiger partial charge in [0.15, 0.2) is 0 Å². The van der Waals surface area contributed by atoms with Crippen molar-refractivity contribution in [1.82, 2.24) is 4.90 Å². The first kappa shape index (κ1) is 23.9. The second kappa shape index (κ2) is 9.97. The second-order valence-corrected chi connectivity index (χ2v) is 8.80. The van der Waals surface area contributed by atoms with Crippen LogP contribution >= 0.6 is 0 Å². The van der Waals surface area contributed by atoms with Gasteiger partial charge in [-0.05, 0) is 56.5 Å². The van der Waals surface area contributed by atoms with E-state index in [9.17, 15) is 19.7 Å². The first-order chi connectivity index (χ1) is 16.8. The number of carbonyl (C=O) groups excluding carboxylic acids is 2. The Balaban J connectivity index is 1.62. The van der Waals surface area contributed by atoms with Crippen molar-refractivity contribution >= 4 is 29.0 Å². The summed E-state index contributed by atoms with van der Waals surface area (Å²) >= 11 is 0. The summed E-state index contributed by atoms with van der Waals surface area (Å²) in [5, 5.41) is 14.2. The Kier molecular flexibility index (Phi) is 6.82. The zero-order chi connectivity index (χ0) is 25.1. The molecule has 1 aliphatic rings. The van der Waals surface area contributed by atoms with E-state index in [4.69, 9.17) is 0 Å². The topological polar surface area (TPSA) is 95.8 Å². The molecule has 0 saturated carbocycles. The Labute approximate surface area is 204 Å². The molecule has 0 aliphatic carbocycles. The minimum absolute atomic E-state index is 0.0944. The van der Waals surface area contributed by atoms with Gasteiger partial charge in [0.25, 0.3) is 11.6 Å². The lowest BCUT2D eigenvalue weighted by molar-refractivity contribution is -0.385. The maximum atomic E-state index is 13.6. The van der Waals surface area contributed by atoms with Crippen molar-refractivity contribution in [3.8, 4) is 0 Å². The van der Waals surface area contributed by atoms with Crippen LogP contribution in [0.1, 0.15) is 46.4 Å². The molecular formula is C27H28N4O4. The van der Waals surface area contributed by atoms with Gasteiger partial charge in [0.05, 0.1) is 22.3 Å². The van der Waals surface area contributed by atoms with Crippen LogP contribution in [0.4, 0.5) is 21.9 Å². The summed E-state index contributed by atoms with van der Waals surface area (Å²) < 4.78 is 0. The molecule has 3 aromatic rings. The Morgan fingerprint density at radius 3 is 2.49 bits per heavy atom. The molecule has 1 heterocycles. The third kappa shape index (κ3) is 5.01. The number of rotatable bonds is 6. The third-order valence-electron chi connectivity index (χ3n) is 6.37. The highest BCUT2D eigenvalue weighted by Gasteiger charge is 2.32. The van der Waals surface area contributed by atoms with Gasteiger partial charge in [0.2, 0.25) is 0 Å². The van der Waals surface area contributed by atoms with E-state index in [0.717, 1.165) is 17.5 Å². The Morgan fingerprint density at radius 2 is 1.77 bits per heavy atom. The van der Waals surface area contributed by atoms with Crippen LogP contribution in [-0.4, -0.2) is 34.9 Å². The van der Waals surface area contributed by atoms with Crippen LogP contribution in [0.15, 0.2) is 66.7 Å². The number of anilines is 2. The van der Waals surface area contributed by atoms with Gasteiger partial charge in [-0.2, -0.15) is 0 Å². The van der Waals surface area contributed by atoms with Crippen molar-refractivity contribution in [1.29, 1.82) is 0 Å². The highest BCUT2D eigenvalue weighted by Crippen LogP contribution is 2.33. The number of nitro groups is 1. The van der Waals surface area contributed by atoms with Crippen LogP contribution in [0.2, 0.25) is 0 Å². The number of urea groups is 1. The number of nitrogens with one attached hydrogen (secondary N) is 1. The molecule has 0 aromatic heterocycles. The molecule has 4 rings (SSSR count). The number of hydrogen-bond acceptors (Lipinski definition) is 4. The molecule has 1 atom stereocenters. The Morgan fingerprint density at radius 1 is 1.03 bits per heavy atom. The SMILES string of the molecule is Cc1ccc(N2CCCN(C(C)c3ccccc3)C2=O)c(NC(=O)c2ccc(C)c([N+](=O)[O-])c2)c1. The Bertz CT molecular complexity index is 1280. The van der Waals surface area contributed by atoms with Crippen molar-refractivity contribution in [2.45, 2.75) is 33.2 Å². The molecule has 1 unspecified atom stereocenters. The number of aryl methyl sites for hydroxylation is 2.